The van der Waals surface area contributed by atoms with Crippen molar-refractivity contribution in [1.82, 2.24) is 0 Å². The number of ketones is 1. The Bertz CT molecular complexity index is 517. The van der Waals surface area contributed by atoms with Crippen molar-refractivity contribution < 1.29 is 14.0 Å². The summed E-state index contributed by atoms with van der Waals surface area (Å²) in [6, 6.07) is 7.48. The second-order valence-electron chi connectivity index (χ2n) is 7.27. The van der Waals surface area contributed by atoms with Crippen molar-refractivity contribution in [1.29, 1.82) is 0 Å². The fourth-order valence-electron chi connectivity index (χ4n) is 2.17. The summed E-state index contributed by atoms with van der Waals surface area (Å²) in [6.07, 6.45) is 0.736. The van der Waals surface area contributed by atoms with Crippen LogP contribution >= 0.6 is 0 Å². The van der Waals surface area contributed by atoms with Crippen molar-refractivity contribution >= 4 is 14.1 Å². The largest absolute Gasteiger partial charge is 0.492 e. The molecule has 0 N–H and O–H groups in total. The Morgan fingerprint density at radius 2 is 1.95 bits per heavy atom. The van der Waals surface area contributed by atoms with Gasteiger partial charge in [-0.2, -0.15) is 0 Å². The molecule has 1 aromatic carbocycles. The molecule has 1 heterocycles. The van der Waals surface area contributed by atoms with Gasteiger partial charge in [0, 0.05) is 6.61 Å². The number of benzene rings is 1. The summed E-state index contributed by atoms with van der Waals surface area (Å²) in [6.45, 7) is 12.3. The first-order chi connectivity index (χ1) is 9.72. The van der Waals surface area contributed by atoms with Crippen LogP contribution in [0.5, 0.6) is 5.75 Å². The van der Waals surface area contributed by atoms with Gasteiger partial charge in [0.2, 0.25) is 0 Å². The lowest BCUT2D eigenvalue weighted by atomic mass is 9.93. The average molecular weight is 306 g/mol. The van der Waals surface area contributed by atoms with E-state index in [4.69, 9.17) is 9.16 Å². The summed E-state index contributed by atoms with van der Waals surface area (Å²) in [5, 5.41) is 0.201. The maximum atomic E-state index is 12.4. The van der Waals surface area contributed by atoms with Crippen LogP contribution in [0.15, 0.2) is 24.3 Å². The zero-order valence-corrected chi connectivity index (χ0v) is 14.7. The number of Topliss-reactive ketones (excluding diaryl/α,β-unsaturated/α-hetero) is 1. The molecule has 0 bridgehead atoms. The first-order valence-corrected chi connectivity index (χ1v) is 10.5. The summed E-state index contributed by atoms with van der Waals surface area (Å²) in [5.41, 5.74) is 0.709. The normalized spacial score (nSPS) is 19.1. The summed E-state index contributed by atoms with van der Waals surface area (Å²) < 4.78 is 11.9. The Morgan fingerprint density at radius 3 is 2.62 bits per heavy atom. The van der Waals surface area contributed by atoms with Crippen LogP contribution in [0.4, 0.5) is 0 Å². The van der Waals surface area contributed by atoms with Crippen LogP contribution in [0.25, 0.3) is 0 Å². The molecule has 0 radical (unpaired) electrons. The van der Waals surface area contributed by atoms with Crippen molar-refractivity contribution in [3.05, 3.63) is 29.8 Å². The molecule has 0 saturated heterocycles. The SMILES string of the molecule is CC(C)(C)[Si](C)(C)OCCC1COc2ccccc2C1=O. The Kier molecular flexibility index (Phi) is 4.59. The topological polar surface area (TPSA) is 35.5 Å². The molecule has 2 rings (SSSR count). The van der Waals surface area contributed by atoms with E-state index in [9.17, 15) is 4.79 Å². The van der Waals surface area contributed by atoms with Gasteiger partial charge in [0.05, 0.1) is 18.1 Å². The van der Waals surface area contributed by atoms with Crippen LogP contribution < -0.4 is 4.74 Å². The van der Waals surface area contributed by atoms with Crippen LogP contribution in [0.1, 0.15) is 37.6 Å². The van der Waals surface area contributed by atoms with Crippen LogP contribution in [-0.2, 0) is 4.43 Å². The first kappa shape index (κ1) is 16.2. The van der Waals surface area contributed by atoms with Gasteiger partial charge >= 0.3 is 0 Å². The molecule has 1 atom stereocenters. The summed E-state index contributed by atoms with van der Waals surface area (Å²) in [5.74, 6) is 0.824. The molecule has 21 heavy (non-hydrogen) atoms. The number of hydrogen-bond acceptors (Lipinski definition) is 3. The third-order valence-corrected chi connectivity index (χ3v) is 9.24. The Morgan fingerprint density at radius 1 is 1.29 bits per heavy atom. The van der Waals surface area contributed by atoms with Crippen molar-refractivity contribution in [3.63, 3.8) is 0 Å². The predicted molar refractivity (Wildman–Crippen MR) is 87.5 cm³/mol. The van der Waals surface area contributed by atoms with Gasteiger partial charge in [-0.25, -0.2) is 0 Å². The standard InChI is InChI=1S/C17H26O3Si/c1-17(2,3)21(4,5)20-11-10-13-12-19-15-9-7-6-8-14(15)16(13)18/h6-9,13H,10-12H2,1-5H3. The van der Waals surface area contributed by atoms with Crippen molar-refractivity contribution in [2.75, 3.05) is 13.2 Å². The van der Waals surface area contributed by atoms with Crippen molar-refractivity contribution in [2.45, 2.75) is 45.3 Å². The molecule has 4 heteroatoms. The maximum Gasteiger partial charge on any atom is 0.191 e. The van der Waals surface area contributed by atoms with E-state index >= 15 is 0 Å². The summed E-state index contributed by atoms with van der Waals surface area (Å²) in [4.78, 5) is 12.4. The van der Waals surface area contributed by atoms with Gasteiger partial charge in [0.25, 0.3) is 0 Å². The van der Waals surface area contributed by atoms with E-state index in [-0.39, 0.29) is 16.7 Å². The van der Waals surface area contributed by atoms with Gasteiger partial charge < -0.3 is 9.16 Å². The van der Waals surface area contributed by atoms with Crippen molar-refractivity contribution in [3.8, 4) is 5.75 Å². The third-order valence-electron chi connectivity index (χ3n) is 4.70. The average Bonchev–Trinajstić information content (AvgIpc) is 2.40. The van der Waals surface area contributed by atoms with Gasteiger partial charge in [-0.15, -0.1) is 0 Å². The van der Waals surface area contributed by atoms with Crippen LogP contribution in [0.2, 0.25) is 18.1 Å². The minimum absolute atomic E-state index is 0.0790. The maximum absolute atomic E-state index is 12.4. The lowest BCUT2D eigenvalue weighted by molar-refractivity contribution is 0.0796. The number of rotatable bonds is 4. The highest BCUT2D eigenvalue weighted by Crippen LogP contribution is 2.37. The van der Waals surface area contributed by atoms with E-state index in [1.54, 1.807) is 0 Å². The van der Waals surface area contributed by atoms with E-state index < -0.39 is 8.32 Å². The number of hydrogen-bond donors (Lipinski definition) is 0. The predicted octanol–water partition coefficient (Wildman–Crippen LogP) is 4.29. The zero-order chi connectivity index (χ0) is 15.7. The smallest absolute Gasteiger partial charge is 0.191 e. The number of para-hydroxylation sites is 1. The van der Waals surface area contributed by atoms with E-state index in [0.717, 1.165) is 6.42 Å². The Balaban J connectivity index is 1.93. The van der Waals surface area contributed by atoms with Gasteiger partial charge in [0.1, 0.15) is 5.75 Å². The quantitative estimate of drug-likeness (QED) is 0.778. The molecule has 0 spiro atoms. The van der Waals surface area contributed by atoms with Crippen LogP contribution in [0.3, 0.4) is 0 Å². The molecule has 1 aliphatic heterocycles. The number of carbonyl (C=O) groups is 1. The molecule has 0 amide bonds. The number of carbonyl (C=O) groups excluding carboxylic acids is 1. The van der Waals surface area contributed by atoms with E-state index in [2.05, 4.69) is 33.9 Å². The molecular formula is C17H26O3Si. The van der Waals surface area contributed by atoms with E-state index in [1.807, 2.05) is 24.3 Å². The minimum Gasteiger partial charge on any atom is -0.492 e. The molecule has 0 saturated carbocycles. The molecule has 0 aliphatic carbocycles. The van der Waals surface area contributed by atoms with Crippen LogP contribution in [-0.4, -0.2) is 27.3 Å². The van der Waals surface area contributed by atoms with Crippen LogP contribution in [0, 0.1) is 5.92 Å². The highest BCUT2D eigenvalue weighted by molar-refractivity contribution is 6.74. The molecule has 0 fully saturated rings. The fraction of sp³-hybridized carbons (Fsp3) is 0.588. The second kappa shape index (κ2) is 5.93. The summed E-state index contributed by atoms with van der Waals surface area (Å²) in [7, 11) is -1.74. The fourth-order valence-corrected chi connectivity index (χ4v) is 3.23. The lowest BCUT2D eigenvalue weighted by Crippen LogP contribution is -2.41. The first-order valence-electron chi connectivity index (χ1n) is 7.62. The number of ether oxygens (including phenoxy) is 1. The van der Waals surface area contributed by atoms with E-state index in [0.29, 0.717) is 24.5 Å². The molecule has 1 aromatic rings. The second-order valence-corrected chi connectivity index (χ2v) is 12.1. The van der Waals surface area contributed by atoms with Gasteiger partial charge in [0.15, 0.2) is 14.1 Å². The van der Waals surface area contributed by atoms with Gasteiger partial charge in [-0.1, -0.05) is 32.9 Å². The Hall–Kier alpha value is -1.13. The van der Waals surface area contributed by atoms with Crippen molar-refractivity contribution in [2.24, 2.45) is 5.92 Å². The lowest BCUT2D eigenvalue weighted by Gasteiger charge is -2.36. The molecule has 1 aliphatic rings. The molecule has 3 nitrogen and oxygen atoms in total. The monoisotopic (exact) mass is 306 g/mol. The molecule has 0 aromatic heterocycles. The highest BCUT2D eigenvalue weighted by Gasteiger charge is 2.37. The van der Waals surface area contributed by atoms with E-state index in [1.165, 1.54) is 0 Å². The van der Waals surface area contributed by atoms with Gasteiger partial charge in [-0.05, 0) is 36.7 Å². The zero-order valence-electron chi connectivity index (χ0n) is 13.7. The Labute approximate surface area is 128 Å². The third kappa shape index (κ3) is 3.55. The summed E-state index contributed by atoms with van der Waals surface area (Å²) >= 11 is 0. The molecule has 1 unspecified atom stereocenters. The molecular weight excluding hydrogens is 280 g/mol. The molecule has 116 valence electrons. The highest BCUT2D eigenvalue weighted by atomic mass is 28.4. The van der Waals surface area contributed by atoms with Gasteiger partial charge in [-0.3, -0.25) is 4.79 Å². The minimum atomic E-state index is -1.74. The number of fused-ring (bicyclic) bond motifs is 1.